The van der Waals surface area contributed by atoms with Crippen LogP contribution >= 0.6 is 0 Å². The van der Waals surface area contributed by atoms with Crippen LogP contribution in [0.5, 0.6) is 0 Å². The van der Waals surface area contributed by atoms with E-state index in [0.29, 0.717) is 6.42 Å². The summed E-state index contributed by atoms with van der Waals surface area (Å²) in [7, 11) is 1.23. The van der Waals surface area contributed by atoms with Gasteiger partial charge in [0, 0.05) is 0 Å². The summed E-state index contributed by atoms with van der Waals surface area (Å²) in [4.78, 5) is 22.7. The first kappa shape index (κ1) is 16.7. The van der Waals surface area contributed by atoms with Crippen LogP contribution in [0.3, 0.4) is 0 Å². The lowest BCUT2D eigenvalue weighted by Gasteiger charge is -2.18. The molecule has 0 rings (SSSR count). The average molecular weight is 263 g/mol. The first-order chi connectivity index (χ1) is 8.40. The lowest BCUT2D eigenvalue weighted by molar-refractivity contribution is -0.143. The molecule has 0 bridgehead atoms. The van der Waals surface area contributed by atoms with Crippen molar-refractivity contribution in [3.8, 4) is 0 Å². The second kappa shape index (κ2) is 8.71. The van der Waals surface area contributed by atoms with Crippen molar-refractivity contribution in [2.75, 3.05) is 20.3 Å². The van der Waals surface area contributed by atoms with Gasteiger partial charge in [-0.15, -0.1) is 0 Å². The van der Waals surface area contributed by atoms with Crippen molar-refractivity contribution in [2.24, 2.45) is 5.92 Å². The van der Waals surface area contributed by atoms with Crippen LogP contribution in [0, 0.1) is 5.92 Å². The molecule has 106 valence electrons. The van der Waals surface area contributed by atoms with Crippen LogP contribution in [0.4, 0.5) is 4.79 Å². The number of carbonyl (C=O) groups is 2. The third-order valence-electron chi connectivity index (χ3n) is 2.10. The highest BCUT2D eigenvalue weighted by molar-refractivity contribution is 5.81. The van der Waals surface area contributed by atoms with Crippen molar-refractivity contribution < 1.29 is 29.3 Å². The number of rotatable bonds is 7. The highest BCUT2D eigenvalue weighted by Crippen LogP contribution is 2.06. The zero-order chi connectivity index (χ0) is 14.1. The zero-order valence-electron chi connectivity index (χ0n) is 10.9. The van der Waals surface area contributed by atoms with Gasteiger partial charge in [0.15, 0.2) is 0 Å². The Balaban J connectivity index is 4.22. The summed E-state index contributed by atoms with van der Waals surface area (Å²) >= 11 is 0. The van der Waals surface area contributed by atoms with E-state index in [1.165, 1.54) is 7.11 Å². The van der Waals surface area contributed by atoms with E-state index in [-0.39, 0.29) is 12.5 Å². The fraction of sp³-hybridized carbons (Fsp3) is 0.818. The van der Waals surface area contributed by atoms with Crippen LogP contribution in [-0.2, 0) is 14.3 Å². The van der Waals surface area contributed by atoms with Crippen LogP contribution in [0.1, 0.15) is 20.3 Å². The average Bonchev–Trinajstić information content (AvgIpc) is 2.33. The van der Waals surface area contributed by atoms with E-state index in [4.69, 9.17) is 10.2 Å². The minimum absolute atomic E-state index is 0.192. The van der Waals surface area contributed by atoms with Gasteiger partial charge in [0.1, 0.15) is 18.8 Å². The third kappa shape index (κ3) is 7.08. The molecule has 0 spiro atoms. The number of aliphatic hydroxyl groups excluding tert-OH is 2. The quantitative estimate of drug-likeness (QED) is 0.542. The van der Waals surface area contributed by atoms with Gasteiger partial charge in [-0.05, 0) is 12.3 Å². The molecule has 0 aromatic rings. The van der Waals surface area contributed by atoms with Gasteiger partial charge in [0.2, 0.25) is 0 Å². The highest BCUT2D eigenvalue weighted by atomic mass is 16.6. The smallest absolute Gasteiger partial charge is 0.407 e. The minimum Gasteiger partial charge on any atom is -0.467 e. The van der Waals surface area contributed by atoms with Crippen molar-refractivity contribution in [3.05, 3.63) is 0 Å². The van der Waals surface area contributed by atoms with E-state index in [2.05, 4.69) is 14.8 Å². The second-order valence-corrected chi connectivity index (χ2v) is 4.28. The summed E-state index contributed by atoms with van der Waals surface area (Å²) in [5.41, 5.74) is 0. The molecule has 0 fully saturated rings. The Bertz CT molecular complexity index is 268. The van der Waals surface area contributed by atoms with Gasteiger partial charge in [0.05, 0.1) is 13.7 Å². The summed E-state index contributed by atoms with van der Waals surface area (Å²) in [6.45, 7) is 2.97. The fourth-order valence-corrected chi connectivity index (χ4v) is 1.24. The lowest BCUT2D eigenvalue weighted by Crippen LogP contribution is -2.43. The molecule has 2 atom stereocenters. The van der Waals surface area contributed by atoms with Crippen molar-refractivity contribution >= 4 is 12.1 Å². The van der Waals surface area contributed by atoms with Crippen LogP contribution in [-0.4, -0.2) is 54.7 Å². The molecule has 0 heterocycles. The van der Waals surface area contributed by atoms with E-state index in [9.17, 15) is 9.59 Å². The SMILES string of the molecule is COC(=O)[C@H](CC(C)C)NC(=O)OCC(O)CO. The Morgan fingerprint density at radius 3 is 2.39 bits per heavy atom. The Morgan fingerprint density at radius 1 is 1.33 bits per heavy atom. The number of amides is 1. The first-order valence-electron chi connectivity index (χ1n) is 5.70. The monoisotopic (exact) mass is 263 g/mol. The Morgan fingerprint density at radius 2 is 1.94 bits per heavy atom. The Hall–Kier alpha value is -1.34. The predicted octanol–water partition coefficient (Wildman–Crippen LogP) is -0.346. The maximum Gasteiger partial charge on any atom is 0.407 e. The fourth-order valence-electron chi connectivity index (χ4n) is 1.24. The number of hydrogen-bond acceptors (Lipinski definition) is 6. The predicted molar refractivity (Wildman–Crippen MR) is 62.8 cm³/mol. The van der Waals surface area contributed by atoms with Gasteiger partial charge in [-0.2, -0.15) is 0 Å². The number of ether oxygens (including phenoxy) is 2. The third-order valence-corrected chi connectivity index (χ3v) is 2.10. The van der Waals surface area contributed by atoms with Gasteiger partial charge in [-0.25, -0.2) is 9.59 Å². The number of nitrogens with one attached hydrogen (secondary N) is 1. The topological polar surface area (TPSA) is 105 Å². The number of methoxy groups -OCH3 is 1. The number of hydrogen-bond donors (Lipinski definition) is 3. The van der Waals surface area contributed by atoms with Gasteiger partial charge < -0.3 is 25.0 Å². The number of carbonyl (C=O) groups excluding carboxylic acids is 2. The molecule has 7 nitrogen and oxygen atoms in total. The lowest BCUT2D eigenvalue weighted by atomic mass is 10.0. The molecule has 0 aliphatic rings. The molecule has 0 saturated carbocycles. The first-order valence-corrected chi connectivity index (χ1v) is 5.70. The van der Waals surface area contributed by atoms with E-state index in [0.717, 1.165) is 0 Å². The van der Waals surface area contributed by atoms with Crippen molar-refractivity contribution in [1.82, 2.24) is 5.32 Å². The maximum absolute atomic E-state index is 11.4. The minimum atomic E-state index is -1.13. The standard InChI is InChI=1S/C11H21NO6/c1-7(2)4-9(10(15)17-3)12-11(16)18-6-8(14)5-13/h7-9,13-14H,4-6H2,1-3H3,(H,12,16)/t8?,9-/m0/s1. The van der Waals surface area contributed by atoms with E-state index >= 15 is 0 Å². The molecular weight excluding hydrogens is 242 g/mol. The molecule has 0 saturated heterocycles. The highest BCUT2D eigenvalue weighted by Gasteiger charge is 2.23. The van der Waals surface area contributed by atoms with Crippen LogP contribution in [0.15, 0.2) is 0 Å². The second-order valence-electron chi connectivity index (χ2n) is 4.28. The molecule has 0 aliphatic carbocycles. The molecule has 7 heteroatoms. The number of alkyl carbamates (subject to hydrolysis) is 1. The molecule has 1 amide bonds. The molecule has 0 aromatic carbocycles. The van der Waals surface area contributed by atoms with Crippen LogP contribution in [0.25, 0.3) is 0 Å². The maximum atomic E-state index is 11.4. The molecular formula is C11H21NO6. The van der Waals surface area contributed by atoms with Crippen molar-refractivity contribution in [3.63, 3.8) is 0 Å². The van der Waals surface area contributed by atoms with E-state index < -0.39 is 30.8 Å². The molecule has 0 aromatic heterocycles. The summed E-state index contributed by atoms with van der Waals surface area (Å²) in [6.07, 6.45) is -1.54. The summed E-state index contributed by atoms with van der Waals surface area (Å²) in [5.74, 6) is -0.360. The van der Waals surface area contributed by atoms with Crippen molar-refractivity contribution in [2.45, 2.75) is 32.4 Å². The zero-order valence-corrected chi connectivity index (χ0v) is 10.9. The number of esters is 1. The Labute approximate surface area is 106 Å². The van der Waals surface area contributed by atoms with Crippen molar-refractivity contribution in [1.29, 1.82) is 0 Å². The van der Waals surface area contributed by atoms with Crippen LogP contribution < -0.4 is 5.32 Å². The van der Waals surface area contributed by atoms with Gasteiger partial charge in [-0.1, -0.05) is 13.8 Å². The van der Waals surface area contributed by atoms with E-state index in [1.54, 1.807) is 0 Å². The largest absolute Gasteiger partial charge is 0.467 e. The summed E-state index contributed by atoms with van der Waals surface area (Å²) in [5, 5.41) is 19.9. The molecule has 3 N–H and O–H groups in total. The van der Waals surface area contributed by atoms with Gasteiger partial charge in [0.25, 0.3) is 0 Å². The Kier molecular flexibility index (Phi) is 8.06. The summed E-state index contributed by atoms with van der Waals surface area (Å²) < 4.78 is 9.20. The molecule has 0 aliphatic heterocycles. The molecule has 1 unspecified atom stereocenters. The van der Waals surface area contributed by atoms with E-state index in [1.807, 2.05) is 13.8 Å². The number of aliphatic hydroxyl groups is 2. The van der Waals surface area contributed by atoms with Gasteiger partial charge >= 0.3 is 12.1 Å². The normalized spacial score (nSPS) is 13.9. The van der Waals surface area contributed by atoms with Crippen LogP contribution in [0.2, 0.25) is 0 Å². The summed E-state index contributed by atoms with van der Waals surface area (Å²) in [6, 6.07) is -0.784. The van der Waals surface area contributed by atoms with Gasteiger partial charge in [-0.3, -0.25) is 0 Å². The molecule has 0 radical (unpaired) electrons. The molecule has 18 heavy (non-hydrogen) atoms.